The maximum atomic E-state index is 12.7. The lowest BCUT2D eigenvalue weighted by atomic mass is 10.2. The number of rotatable bonds is 4. The number of imidazole rings is 1. The molecule has 0 aliphatic heterocycles. The van der Waals surface area contributed by atoms with Gasteiger partial charge in [0, 0.05) is 0 Å². The summed E-state index contributed by atoms with van der Waals surface area (Å²) in [4.78, 5) is 25.1. The van der Waals surface area contributed by atoms with Crippen LogP contribution in [-0.2, 0) is 0 Å². The van der Waals surface area contributed by atoms with Crippen LogP contribution in [0.2, 0.25) is 0 Å². The predicted octanol–water partition coefficient (Wildman–Crippen LogP) is 1.94. The summed E-state index contributed by atoms with van der Waals surface area (Å²) in [5.74, 6) is 0.637. The molecule has 136 valence electrons. The molecule has 0 saturated carbocycles. The molecular weight excluding hydrogens is 368 g/mol. The number of nitrogens with zero attached hydrogens (tertiary/aromatic N) is 4. The average Bonchev–Trinajstić information content (AvgIpc) is 3.33. The minimum Gasteiger partial charge on any atom is -0.495 e. The van der Waals surface area contributed by atoms with Crippen molar-refractivity contribution in [3.63, 3.8) is 0 Å². The number of benzene rings is 1. The van der Waals surface area contributed by atoms with Gasteiger partial charge in [0.05, 0.1) is 17.7 Å². The van der Waals surface area contributed by atoms with Crippen molar-refractivity contribution in [1.29, 1.82) is 0 Å². The molecule has 0 aliphatic carbocycles. The van der Waals surface area contributed by atoms with Crippen molar-refractivity contribution in [2.45, 2.75) is 0 Å². The second-order valence-corrected chi connectivity index (χ2v) is 6.44. The summed E-state index contributed by atoms with van der Waals surface area (Å²) >= 11 is 1.44. The maximum absolute atomic E-state index is 12.7. The van der Waals surface area contributed by atoms with Gasteiger partial charge in [-0.25, -0.2) is 19.3 Å². The molecule has 4 aromatic rings. The maximum Gasteiger partial charge on any atom is 0.332 e. The Labute approximate surface area is 156 Å². The van der Waals surface area contributed by atoms with Gasteiger partial charge in [0.1, 0.15) is 17.0 Å². The number of amidine groups is 1. The molecule has 3 heterocycles. The van der Waals surface area contributed by atoms with E-state index in [2.05, 4.69) is 20.1 Å². The number of para-hydroxylation sites is 2. The third kappa shape index (κ3) is 2.72. The number of fused-ring (bicyclic) bond motifs is 1. The van der Waals surface area contributed by atoms with E-state index in [-0.39, 0.29) is 17.0 Å². The summed E-state index contributed by atoms with van der Waals surface area (Å²) in [5.41, 5.74) is 6.56. The van der Waals surface area contributed by atoms with Gasteiger partial charge in [-0.3, -0.25) is 0 Å². The number of nitrogens with one attached hydrogen (secondary N) is 1. The lowest BCUT2D eigenvalue weighted by Crippen LogP contribution is -2.17. The van der Waals surface area contributed by atoms with Crippen molar-refractivity contribution < 1.29 is 9.94 Å². The second-order valence-electron chi connectivity index (χ2n) is 5.49. The number of nitrogens with two attached hydrogens (primary N) is 1. The molecule has 27 heavy (non-hydrogen) atoms. The van der Waals surface area contributed by atoms with Gasteiger partial charge >= 0.3 is 5.69 Å². The lowest BCUT2D eigenvalue weighted by Gasteiger charge is -2.09. The molecule has 4 N–H and O–H groups in total. The summed E-state index contributed by atoms with van der Waals surface area (Å²) in [6, 6.07) is 10.8. The van der Waals surface area contributed by atoms with Crippen LogP contribution in [-0.4, -0.2) is 37.7 Å². The Morgan fingerprint density at radius 2 is 2.11 bits per heavy atom. The van der Waals surface area contributed by atoms with Crippen molar-refractivity contribution in [2.24, 2.45) is 10.9 Å². The van der Waals surface area contributed by atoms with Crippen LogP contribution in [0.25, 0.3) is 27.6 Å². The van der Waals surface area contributed by atoms with Crippen LogP contribution in [0.15, 0.2) is 51.7 Å². The Balaban J connectivity index is 2.11. The Hall–Kier alpha value is -3.66. The van der Waals surface area contributed by atoms with Gasteiger partial charge in [-0.2, -0.15) is 0 Å². The highest BCUT2D eigenvalue weighted by Gasteiger charge is 2.21. The zero-order valence-corrected chi connectivity index (χ0v) is 14.9. The number of aromatic amines is 1. The molecule has 0 aliphatic rings. The summed E-state index contributed by atoms with van der Waals surface area (Å²) in [5, 5.41) is 14.0. The van der Waals surface area contributed by atoms with Crippen molar-refractivity contribution in [2.75, 3.05) is 7.11 Å². The Bertz CT molecular complexity index is 1210. The van der Waals surface area contributed by atoms with Gasteiger partial charge in [0.25, 0.3) is 0 Å². The predicted molar refractivity (Wildman–Crippen MR) is 102 cm³/mol. The second kappa shape index (κ2) is 6.57. The van der Waals surface area contributed by atoms with Crippen LogP contribution in [0.4, 0.5) is 0 Å². The Morgan fingerprint density at radius 3 is 2.81 bits per heavy atom. The van der Waals surface area contributed by atoms with Crippen molar-refractivity contribution >= 4 is 28.3 Å². The quantitative estimate of drug-likeness (QED) is 0.214. The van der Waals surface area contributed by atoms with E-state index in [0.717, 1.165) is 4.88 Å². The molecule has 0 fully saturated rings. The van der Waals surface area contributed by atoms with Crippen LogP contribution in [0.5, 0.6) is 5.75 Å². The van der Waals surface area contributed by atoms with Gasteiger partial charge in [0.15, 0.2) is 17.3 Å². The van der Waals surface area contributed by atoms with E-state index in [1.807, 2.05) is 17.5 Å². The van der Waals surface area contributed by atoms with E-state index in [4.69, 9.17) is 15.7 Å². The number of aromatic nitrogens is 4. The standard InChI is InChI=1S/C17H14N6O3S/c1-26-10-6-3-2-5-9(10)23-16-13(20-17(23)24)12(14(18)22-25)19-15(21-16)11-7-4-8-27-11/h2-8,25H,1H3,(H2,18,22)(H,20,24). The zero-order chi connectivity index (χ0) is 19.0. The first-order valence-corrected chi connectivity index (χ1v) is 8.70. The molecule has 0 spiro atoms. The first kappa shape index (κ1) is 16.8. The highest BCUT2D eigenvalue weighted by Crippen LogP contribution is 2.27. The van der Waals surface area contributed by atoms with Gasteiger partial charge < -0.3 is 20.7 Å². The first-order valence-electron chi connectivity index (χ1n) is 7.82. The van der Waals surface area contributed by atoms with Gasteiger partial charge in [-0.05, 0) is 23.6 Å². The fraction of sp³-hybridized carbons (Fsp3) is 0.0588. The molecule has 9 nitrogen and oxygen atoms in total. The molecule has 1 aromatic carbocycles. The van der Waals surface area contributed by atoms with Gasteiger partial charge in [-0.15, -0.1) is 11.3 Å². The Morgan fingerprint density at radius 1 is 1.30 bits per heavy atom. The fourth-order valence-corrected chi connectivity index (χ4v) is 3.43. The molecule has 0 bridgehead atoms. The number of hydrogen-bond acceptors (Lipinski definition) is 7. The molecule has 4 rings (SSSR count). The molecule has 10 heteroatoms. The van der Waals surface area contributed by atoms with Crippen LogP contribution in [0, 0.1) is 0 Å². The van der Waals surface area contributed by atoms with E-state index in [1.165, 1.54) is 23.0 Å². The molecule has 0 amide bonds. The molecule has 3 aromatic heterocycles. The van der Waals surface area contributed by atoms with Crippen LogP contribution in [0.1, 0.15) is 5.69 Å². The average molecular weight is 382 g/mol. The molecule has 0 atom stereocenters. The highest BCUT2D eigenvalue weighted by molar-refractivity contribution is 7.13. The van der Waals surface area contributed by atoms with Crippen LogP contribution < -0.4 is 16.2 Å². The van der Waals surface area contributed by atoms with Crippen LogP contribution >= 0.6 is 11.3 Å². The summed E-state index contributed by atoms with van der Waals surface area (Å²) in [6.07, 6.45) is 0. The van der Waals surface area contributed by atoms with E-state index in [0.29, 0.717) is 22.9 Å². The zero-order valence-electron chi connectivity index (χ0n) is 14.1. The summed E-state index contributed by atoms with van der Waals surface area (Å²) < 4.78 is 6.75. The number of oxime groups is 1. The van der Waals surface area contributed by atoms with Gasteiger partial charge in [-0.1, -0.05) is 23.4 Å². The SMILES string of the molecule is COc1ccccc1-n1c(=O)[nH]c2c(/C(N)=N\O)nc(-c3cccs3)nc21. The topological polar surface area (TPSA) is 131 Å². The summed E-state index contributed by atoms with van der Waals surface area (Å²) in [7, 11) is 1.52. The highest BCUT2D eigenvalue weighted by atomic mass is 32.1. The number of ether oxygens (including phenoxy) is 1. The normalized spacial score (nSPS) is 11.8. The first-order chi connectivity index (χ1) is 13.1. The smallest absolute Gasteiger partial charge is 0.332 e. The largest absolute Gasteiger partial charge is 0.495 e. The number of methoxy groups -OCH3 is 1. The minimum absolute atomic E-state index is 0.136. The van der Waals surface area contributed by atoms with Crippen molar-refractivity contribution in [1.82, 2.24) is 19.5 Å². The molecule has 0 saturated heterocycles. The number of hydrogen-bond donors (Lipinski definition) is 3. The fourth-order valence-electron chi connectivity index (χ4n) is 2.77. The third-order valence-corrected chi connectivity index (χ3v) is 4.82. The van der Waals surface area contributed by atoms with E-state index >= 15 is 0 Å². The monoisotopic (exact) mass is 382 g/mol. The minimum atomic E-state index is -0.445. The Kier molecular flexibility index (Phi) is 4.09. The van der Waals surface area contributed by atoms with Crippen molar-refractivity contribution in [3.8, 4) is 22.1 Å². The van der Waals surface area contributed by atoms with E-state index in [1.54, 1.807) is 24.3 Å². The molecular formula is C17H14N6O3S. The summed E-state index contributed by atoms with van der Waals surface area (Å²) in [6.45, 7) is 0. The van der Waals surface area contributed by atoms with Crippen LogP contribution in [0.3, 0.4) is 0 Å². The lowest BCUT2D eigenvalue weighted by molar-refractivity contribution is 0.318. The molecule has 0 radical (unpaired) electrons. The van der Waals surface area contributed by atoms with Gasteiger partial charge in [0.2, 0.25) is 0 Å². The third-order valence-electron chi connectivity index (χ3n) is 3.95. The van der Waals surface area contributed by atoms with E-state index in [9.17, 15) is 4.79 Å². The van der Waals surface area contributed by atoms with Crippen molar-refractivity contribution in [3.05, 3.63) is 58.0 Å². The number of thiophene rings is 1. The molecule has 0 unspecified atom stereocenters. The van der Waals surface area contributed by atoms with E-state index < -0.39 is 5.69 Å². The number of H-pyrrole nitrogens is 1.